The Bertz CT molecular complexity index is 988. The normalized spacial score (nSPS) is 11.1. The number of anilines is 1. The molecule has 3 N–H and O–H groups in total. The van der Waals surface area contributed by atoms with Gasteiger partial charge in [-0.25, -0.2) is 0 Å². The molecule has 2 amide bonds. The van der Waals surface area contributed by atoms with Gasteiger partial charge in [-0.05, 0) is 30.7 Å². The second kappa shape index (κ2) is 36.4. The average molecular weight is 749 g/mol. The summed E-state index contributed by atoms with van der Waals surface area (Å²) in [6.07, 6.45) is 0.466. The van der Waals surface area contributed by atoms with Crippen LogP contribution in [0, 0.1) is 0 Å². The molecule has 0 fully saturated rings. The summed E-state index contributed by atoms with van der Waals surface area (Å²) in [5.41, 5.74) is 0.725. The van der Waals surface area contributed by atoms with Crippen molar-refractivity contribution in [3.05, 3.63) is 24.3 Å². The summed E-state index contributed by atoms with van der Waals surface area (Å²) in [7, 11) is 0. The van der Waals surface area contributed by atoms with Gasteiger partial charge in [-0.1, -0.05) is 0 Å². The van der Waals surface area contributed by atoms with Gasteiger partial charge in [-0.2, -0.15) is 0 Å². The van der Waals surface area contributed by atoms with E-state index in [1.165, 1.54) is 6.92 Å². The maximum absolute atomic E-state index is 11.4. The van der Waals surface area contributed by atoms with Crippen LogP contribution in [0.4, 0.5) is 5.69 Å². The molecular formula is C35H60N2O15. The van der Waals surface area contributed by atoms with Gasteiger partial charge in [0.25, 0.3) is 0 Å². The topological polar surface area (TPSA) is 197 Å². The van der Waals surface area contributed by atoms with Crippen molar-refractivity contribution in [2.75, 3.05) is 151 Å². The van der Waals surface area contributed by atoms with Gasteiger partial charge in [0.15, 0.2) is 0 Å². The molecule has 0 heterocycles. The molecule has 17 nitrogen and oxygen atoms in total. The number of nitrogens with one attached hydrogen (secondary N) is 2. The predicted octanol–water partition coefficient (Wildman–Crippen LogP) is 1.56. The molecular weight excluding hydrogens is 688 g/mol. The molecule has 1 rings (SSSR count). The second-order valence-electron chi connectivity index (χ2n) is 10.8. The number of rotatable bonds is 39. The van der Waals surface area contributed by atoms with E-state index in [1.54, 1.807) is 24.3 Å². The van der Waals surface area contributed by atoms with Crippen molar-refractivity contribution in [1.29, 1.82) is 0 Å². The van der Waals surface area contributed by atoms with Crippen molar-refractivity contribution in [1.82, 2.24) is 5.32 Å². The van der Waals surface area contributed by atoms with E-state index in [1.807, 2.05) is 0 Å². The molecule has 0 unspecified atom stereocenters. The number of hydrogen-bond donors (Lipinski definition) is 3. The molecule has 1 aromatic carbocycles. The lowest BCUT2D eigenvalue weighted by Crippen LogP contribution is -2.25. The van der Waals surface area contributed by atoms with Gasteiger partial charge in [0, 0.05) is 32.2 Å². The van der Waals surface area contributed by atoms with Crippen LogP contribution in [0.2, 0.25) is 0 Å². The molecule has 0 spiro atoms. The van der Waals surface area contributed by atoms with Crippen LogP contribution >= 0.6 is 0 Å². The lowest BCUT2D eigenvalue weighted by molar-refractivity contribution is -0.138. The number of benzene rings is 1. The fourth-order valence-corrected chi connectivity index (χ4v) is 3.85. The zero-order valence-corrected chi connectivity index (χ0v) is 30.6. The van der Waals surface area contributed by atoms with E-state index in [4.69, 9.17) is 57.2 Å². The van der Waals surface area contributed by atoms with E-state index < -0.39 is 5.97 Å². The predicted molar refractivity (Wildman–Crippen MR) is 189 cm³/mol. The Morgan fingerprint density at radius 1 is 0.500 bits per heavy atom. The average Bonchev–Trinajstić information content (AvgIpc) is 3.12. The molecule has 0 aliphatic carbocycles. The SMILES string of the molecule is CC(=O)Nc1ccc(OCCOCCOCCOCCOCCOCCOCCOCCOCCOCCOCCCNC(=O)CCC(=O)O)cc1. The van der Waals surface area contributed by atoms with Gasteiger partial charge < -0.3 is 67.8 Å². The minimum Gasteiger partial charge on any atom is -0.491 e. The van der Waals surface area contributed by atoms with Crippen molar-refractivity contribution >= 4 is 23.5 Å². The summed E-state index contributed by atoms with van der Waals surface area (Å²) in [6, 6.07) is 7.15. The third-order valence-electron chi connectivity index (χ3n) is 6.37. The lowest BCUT2D eigenvalue weighted by Gasteiger charge is -2.09. The number of ether oxygens (including phenoxy) is 11. The van der Waals surface area contributed by atoms with E-state index in [9.17, 15) is 14.4 Å². The van der Waals surface area contributed by atoms with Gasteiger partial charge in [-0.3, -0.25) is 14.4 Å². The fourth-order valence-electron chi connectivity index (χ4n) is 3.85. The third kappa shape index (κ3) is 34.1. The zero-order valence-electron chi connectivity index (χ0n) is 30.6. The highest BCUT2D eigenvalue weighted by molar-refractivity contribution is 5.88. The Labute approximate surface area is 307 Å². The van der Waals surface area contributed by atoms with Gasteiger partial charge in [0.2, 0.25) is 11.8 Å². The van der Waals surface area contributed by atoms with Crippen LogP contribution in [0.5, 0.6) is 5.75 Å². The first-order valence-corrected chi connectivity index (χ1v) is 17.7. The Morgan fingerprint density at radius 3 is 1.19 bits per heavy atom. The molecule has 52 heavy (non-hydrogen) atoms. The van der Waals surface area contributed by atoms with Gasteiger partial charge >= 0.3 is 5.97 Å². The summed E-state index contributed by atoms with van der Waals surface area (Å²) in [4.78, 5) is 32.8. The maximum Gasteiger partial charge on any atom is 0.303 e. The first-order chi connectivity index (χ1) is 25.5. The van der Waals surface area contributed by atoms with Crippen LogP contribution in [-0.4, -0.2) is 168 Å². The molecule has 0 saturated heterocycles. The van der Waals surface area contributed by atoms with Crippen LogP contribution in [0.3, 0.4) is 0 Å². The van der Waals surface area contributed by atoms with Crippen LogP contribution in [-0.2, 0) is 61.8 Å². The molecule has 0 aromatic heterocycles. The number of carboxylic acids is 1. The van der Waals surface area contributed by atoms with Gasteiger partial charge in [0.05, 0.1) is 132 Å². The summed E-state index contributed by atoms with van der Waals surface area (Å²) >= 11 is 0. The highest BCUT2D eigenvalue weighted by Crippen LogP contribution is 2.15. The Kier molecular flexibility index (Phi) is 32.9. The van der Waals surface area contributed by atoms with Crippen molar-refractivity contribution in [3.8, 4) is 5.75 Å². The van der Waals surface area contributed by atoms with Crippen LogP contribution in [0.25, 0.3) is 0 Å². The lowest BCUT2D eigenvalue weighted by atomic mass is 10.3. The smallest absolute Gasteiger partial charge is 0.303 e. The van der Waals surface area contributed by atoms with Gasteiger partial charge in [0.1, 0.15) is 12.4 Å². The molecule has 0 radical (unpaired) electrons. The first-order valence-electron chi connectivity index (χ1n) is 17.7. The van der Waals surface area contributed by atoms with Crippen LogP contribution in [0.1, 0.15) is 26.2 Å². The van der Waals surface area contributed by atoms with E-state index in [2.05, 4.69) is 10.6 Å². The van der Waals surface area contributed by atoms with E-state index in [0.29, 0.717) is 157 Å². The monoisotopic (exact) mass is 748 g/mol. The number of carboxylic acid groups (broad SMARTS) is 1. The van der Waals surface area contributed by atoms with Crippen molar-refractivity contribution in [3.63, 3.8) is 0 Å². The zero-order chi connectivity index (χ0) is 37.6. The van der Waals surface area contributed by atoms with E-state index in [0.717, 1.165) is 5.69 Å². The summed E-state index contributed by atoms with van der Waals surface area (Å²) in [5, 5.41) is 13.9. The standard InChI is InChI=1S/C35H60N2O15/c1-31(38)37-32-3-5-33(6-4-32)52-30-29-51-28-27-50-26-25-49-24-23-48-22-21-47-20-19-46-18-17-45-16-15-44-14-13-43-12-11-42-10-2-9-36-34(39)7-8-35(40)41/h3-6H,2,7-30H2,1H3,(H,36,39)(H,37,38)(H,40,41). The Morgan fingerprint density at radius 2 is 0.846 bits per heavy atom. The third-order valence-corrected chi connectivity index (χ3v) is 6.37. The minimum absolute atomic E-state index is 0.0138. The summed E-state index contributed by atoms with van der Waals surface area (Å²) in [6.45, 7) is 11.7. The molecule has 0 saturated carbocycles. The molecule has 1 aromatic rings. The molecule has 0 bridgehead atoms. The largest absolute Gasteiger partial charge is 0.491 e. The maximum atomic E-state index is 11.4. The minimum atomic E-state index is -0.986. The molecule has 0 aliphatic rings. The number of hydrogen-bond acceptors (Lipinski definition) is 14. The number of carbonyl (C=O) groups excluding carboxylic acids is 2. The first kappa shape index (κ1) is 47.1. The Hall–Kier alpha value is -2.97. The fraction of sp³-hybridized carbons (Fsp3) is 0.743. The van der Waals surface area contributed by atoms with Crippen molar-refractivity contribution < 1.29 is 71.6 Å². The number of amides is 2. The number of aliphatic carboxylic acids is 1. The molecule has 300 valence electrons. The van der Waals surface area contributed by atoms with Crippen molar-refractivity contribution in [2.24, 2.45) is 0 Å². The highest BCUT2D eigenvalue weighted by Gasteiger charge is 2.04. The molecule has 17 heteroatoms. The summed E-state index contributed by atoms with van der Waals surface area (Å²) in [5.74, 6) is -0.661. The Balaban J connectivity index is 1.66. The number of carbonyl (C=O) groups is 3. The van der Waals surface area contributed by atoms with Crippen LogP contribution in [0.15, 0.2) is 24.3 Å². The van der Waals surface area contributed by atoms with Gasteiger partial charge in [-0.15, -0.1) is 0 Å². The molecule has 0 aliphatic heterocycles. The quantitative estimate of drug-likeness (QED) is 0.0820. The van der Waals surface area contributed by atoms with Crippen LogP contribution < -0.4 is 15.4 Å². The van der Waals surface area contributed by atoms with E-state index in [-0.39, 0.29) is 24.7 Å². The van der Waals surface area contributed by atoms with Crippen molar-refractivity contribution in [2.45, 2.75) is 26.2 Å². The molecule has 0 atom stereocenters. The van der Waals surface area contributed by atoms with E-state index >= 15 is 0 Å². The second-order valence-corrected chi connectivity index (χ2v) is 10.8. The summed E-state index contributed by atoms with van der Waals surface area (Å²) < 4.78 is 60.2. The highest BCUT2D eigenvalue weighted by atomic mass is 16.6.